The molecule has 0 aliphatic rings. The Kier molecular flexibility index (Phi) is 4.59. The molecule has 0 spiro atoms. The van der Waals surface area contributed by atoms with Crippen LogP contribution in [0.4, 0.5) is 17.3 Å². The maximum atomic E-state index is 6.02. The summed E-state index contributed by atoms with van der Waals surface area (Å²) in [7, 11) is 3.97. The zero-order valence-corrected chi connectivity index (χ0v) is 12.7. The number of nitrogens with zero attached hydrogens (tertiary/aromatic N) is 2. The molecule has 1 aromatic rings. The van der Waals surface area contributed by atoms with E-state index in [1.807, 2.05) is 58.8 Å². The Balaban J connectivity index is 3.73. The molecule has 1 heterocycles. The number of hydrogen-bond acceptors (Lipinski definition) is 4. The number of rotatable bonds is 3. The minimum atomic E-state index is 0.466. The van der Waals surface area contributed by atoms with Crippen LogP contribution < -0.4 is 16.4 Å². The Morgan fingerprint density at radius 1 is 0.895 bits per heavy atom. The molecule has 0 saturated carbocycles. The third-order valence-corrected chi connectivity index (χ3v) is 2.62. The highest BCUT2D eigenvalue weighted by Gasteiger charge is 2.15. The van der Waals surface area contributed by atoms with Gasteiger partial charge >= 0.3 is 0 Å². The van der Waals surface area contributed by atoms with Crippen molar-refractivity contribution in [1.82, 2.24) is 4.98 Å². The van der Waals surface area contributed by atoms with Gasteiger partial charge in [0, 0.05) is 25.2 Å². The quantitative estimate of drug-likeness (QED) is 0.876. The predicted molar refractivity (Wildman–Crippen MR) is 86.0 cm³/mol. The van der Waals surface area contributed by atoms with Crippen LogP contribution in [0.1, 0.15) is 38.8 Å². The van der Waals surface area contributed by atoms with Gasteiger partial charge in [0.1, 0.15) is 11.6 Å². The summed E-state index contributed by atoms with van der Waals surface area (Å²) in [4.78, 5) is 6.29. The summed E-state index contributed by atoms with van der Waals surface area (Å²) >= 11 is 0. The fraction of sp³-hybridized carbons (Fsp3) is 0.400. The van der Waals surface area contributed by atoms with E-state index in [2.05, 4.69) is 4.98 Å². The third-order valence-electron chi connectivity index (χ3n) is 2.62. The molecule has 4 N–H and O–H groups in total. The van der Waals surface area contributed by atoms with Crippen LogP contribution in [-0.2, 0) is 0 Å². The molecule has 1 rings (SSSR count). The molecule has 0 radical (unpaired) electrons. The van der Waals surface area contributed by atoms with E-state index in [4.69, 9.17) is 11.5 Å². The Labute approximate surface area is 115 Å². The van der Waals surface area contributed by atoms with Crippen molar-refractivity contribution in [2.24, 2.45) is 0 Å². The Morgan fingerprint density at radius 3 is 1.53 bits per heavy atom. The molecular formula is C15H24N4. The lowest BCUT2D eigenvalue weighted by atomic mass is 10.0. The zero-order chi connectivity index (χ0) is 14.7. The molecule has 0 saturated heterocycles. The largest absolute Gasteiger partial charge is 0.383 e. The molecule has 0 unspecified atom stereocenters. The molecule has 4 heteroatoms. The number of allylic oxidation sites excluding steroid dienone is 2. The fourth-order valence-electron chi connectivity index (χ4n) is 1.98. The van der Waals surface area contributed by atoms with Gasteiger partial charge in [-0.1, -0.05) is 23.3 Å². The molecule has 0 amide bonds. The summed E-state index contributed by atoms with van der Waals surface area (Å²) in [6.07, 6.45) is 4.08. The van der Waals surface area contributed by atoms with Gasteiger partial charge in [-0.05, 0) is 27.7 Å². The summed E-state index contributed by atoms with van der Waals surface area (Å²) in [6.45, 7) is 8.15. The van der Waals surface area contributed by atoms with Crippen molar-refractivity contribution in [2.45, 2.75) is 27.7 Å². The molecule has 1 aromatic heterocycles. The standard InChI is InChI=1S/C15H24N4/c1-9(2)7-11-13(19(5)6)12(8-10(3)4)15(17)18-14(11)16/h7-8H,1-6H3,(H4,16,17,18). The van der Waals surface area contributed by atoms with Crippen LogP contribution in [0.15, 0.2) is 11.1 Å². The lowest BCUT2D eigenvalue weighted by Gasteiger charge is -2.21. The van der Waals surface area contributed by atoms with Crippen molar-refractivity contribution in [3.63, 3.8) is 0 Å². The summed E-state index contributed by atoms with van der Waals surface area (Å²) in [5.74, 6) is 0.932. The van der Waals surface area contributed by atoms with E-state index in [1.165, 1.54) is 11.1 Å². The van der Waals surface area contributed by atoms with Crippen LogP contribution in [-0.4, -0.2) is 19.1 Å². The smallest absolute Gasteiger partial charge is 0.135 e. The topological polar surface area (TPSA) is 68.2 Å². The molecule has 4 nitrogen and oxygen atoms in total. The average molecular weight is 260 g/mol. The summed E-state index contributed by atoms with van der Waals surface area (Å²) < 4.78 is 0. The highest BCUT2D eigenvalue weighted by molar-refractivity contribution is 5.87. The number of nitrogen functional groups attached to an aromatic ring is 2. The monoisotopic (exact) mass is 260 g/mol. The first-order valence-corrected chi connectivity index (χ1v) is 6.30. The van der Waals surface area contributed by atoms with E-state index >= 15 is 0 Å². The molecule has 0 fully saturated rings. The lowest BCUT2D eigenvalue weighted by Crippen LogP contribution is -2.16. The van der Waals surface area contributed by atoms with E-state index in [0.29, 0.717) is 11.6 Å². The zero-order valence-electron chi connectivity index (χ0n) is 12.7. The average Bonchev–Trinajstić information content (AvgIpc) is 2.23. The summed E-state index contributed by atoms with van der Waals surface area (Å²) in [5, 5.41) is 0. The van der Waals surface area contributed by atoms with Crippen LogP contribution in [0, 0.1) is 0 Å². The van der Waals surface area contributed by atoms with Crippen molar-refractivity contribution in [1.29, 1.82) is 0 Å². The van der Waals surface area contributed by atoms with E-state index in [1.54, 1.807) is 0 Å². The van der Waals surface area contributed by atoms with Gasteiger partial charge in [-0.25, -0.2) is 4.98 Å². The van der Waals surface area contributed by atoms with Crippen molar-refractivity contribution in [3.05, 3.63) is 22.3 Å². The molecule has 0 bridgehead atoms. The van der Waals surface area contributed by atoms with Gasteiger partial charge in [-0.3, -0.25) is 0 Å². The molecule has 104 valence electrons. The van der Waals surface area contributed by atoms with Crippen LogP contribution in [0.5, 0.6) is 0 Å². The molecule has 19 heavy (non-hydrogen) atoms. The summed E-state index contributed by atoms with van der Waals surface area (Å²) in [5.41, 5.74) is 17.2. The van der Waals surface area contributed by atoms with Crippen LogP contribution in [0.2, 0.25) is 0 Å². The molecule has 0 atom stereocenters. The number of anilines is 3. The highest BCUT2D eigenvalue weighted by atomic mass is 15.1. The Hall–Kier alpha value is -1.97. The molecular weight excluding hydrogens is 236 g/mol. The van der Waals surface area contributed by atoms with Crippen molar-refractivity contribution < 1.29 is 0 Å². The van der Waals surface area contributed by atoms with E-state index in [-0.39, 0.29) is 0 Å². The second-order valence-corrected chi connectivity index (χ2v) is 5.40. The van der Waals surface area contributed by atoms with Gasteiger partial charge < -0.3 is 16.4 Å². The van der Waals surface area contributed by atoms with Crippen molar-refractivity contribution in [2.75, 3.05) is 30.5 Å². The molecule has 0 aromatic carbocycles. The van der Waals surface area contributed by atoms with Crippen LogP contribution in [0.25, 0.3) is 12.2 Å². The highest BCUT2D eigenvalue weighted by Crippen LogP contribution is 2.34. The maximum Gasteiger partial charge on any atom is 0.135 e. The summed E-state index contributed by atoms with van der Waals surface area (Å²) in [6, 6.07) is 0. The van der Waals surface area contributed by atoms with Gasteiger partial charge in [-0.2, -0.15) is 0 Å². The van der Waals surface area contributed by atoms with E-state index in [9.17, 15) is 0 Å². The predicted octanol–water partition coefficient (Wildman–Crippen LogP) is 3.16. The minimum absolute atomic E-state index is 0.466. The first-order valence-electron chi connectivity index (χ1n) is 6.30. The van der Waals surface area contributed by atoms with Gasteiger partial charge in [0.25, 0.3) is 0 Å². The SMILES string of the molecule is CC(C)=Cc1c(N)nc(N)c(C=C(C)C)c1N(C)C. The van der Waals surface area contributed by atoms with E-state index < -0.39 is 0 Å². The minimum Gasteiger partial charge on any atom is -0.383 e. The van der Waals surface area contributed by atoms with Gasteiger partial charge in [0.05, 0.1) is 5.69 Å². The third kappa shape index (κ3) is 3.50. The second-order valence-electron chi connectivity index (χ2n) is 5.40. The fourth-order valence-corrected chi connectivity index (χ4v) is 1.98. The Morgan fingerprint density at radius 2 is 1.26 bits per heavy atom. The van der Waals surface area contributed by atoms with Crippen molar-refractivity contribution in [3.8, 4) is 0 Å². The maximum absolute atomic E-state index is 6.02. The van der Waals surface area contributed by atoms with Gasteiger partial charge in [0.15, 0.2) is 0 Å². The van der Waals surface area contributed by atoms with Crippen LogP contribution >= 0.6 is 0 Å². The number of pyridine rings is 1. The second kappa shape index (κ2) is 5.78. The molecule has 0 aliphatic carbocycles. The number of aromatic nitrogens is 1. The van der Waals surface area contributed by atoms with Crippen LogP contribution in [0.3, 0.4) is 0 Å². The number of hydrogen-bond donors (Lipinski definition) is 2. The Bertz CT molecular complexity index is 489. The number of nitrogens with two attached hydrogens (primary N) is 2. The van der Waals surface area contributed by atoms with E-state index in [0.717, 1.165) is 16.8 Å². The normalized spacial score (nSPS) is 10.0. The first-order chi connectivity index (χ1) is 8.73. The van der Waals surface area contributed by atoms with Gasteiger partial charge in [0.2, 0.25) is 0 Å². The van der Waals surface area contributed by atoms with Gasteiger partial charge in [-0.15, -0.1) is 0 Å². The van der Waals surface area contributed by atoms with Crippen molar-refractivity contribution >= 4 is 29.5 Å². The first kappa shape index (κ1) is 15.1. The lowest BCUT2D eigenvalue weighted by molar-refractivity contribution is 1.11. The molecule has 0 aliphatic heterocycles.